The summed E-state index contributed by atoms with van der Waals surface area (Å²) in [6, 6.07) is 10.5. The molecule has 1 aliphatic rings. The van der Waals surface area contributed by atoms with Gasteiger partial charge >= 0.3 is 7.12 Å². The fraction of sp³-hybridized carbons (Fsp3) is 0.529. The molecule has 1 aromatic rings. The summed E-state index contributed by atoms with van der Waals surface area (Å²) in [5.74, 6) is 0.219. The second kappa shape index (κ2) is 5.75. The van der Waals surface area contributed by atoms with Crippen LogP contribution in [0.4, 0.5) is 0 Å². The summed E-state index contributed by atoms with van der Waals surface area (Å²) in [7, 11) is -0.193. The van der Waals surface area contributed by atoms with Crippen molar-refractivity contribution in [2.45, 2.75) is 57.6 Å². The molecular weight excluding hydrogens is 247 g/mol. The minimum absolute atomic E-state index is 0.193. The third kappa shape index (κ3) is 3.16. The normalized spacial score (nSPS) is 21.7. The van der Waals surface area contributed by atoms with E-state index in [2.05, 4.69) is 58.5 Å². The molecule has 3 heteroatoms. The first-order valence-electron chi connectivity index (χ1n) is 7.38. The maximum Gasteiger partial charge on any atom is 0.465 e. The second-order valence-electron chi connectivity index (χ2n) is 6.55. The Morgan fingerprint density at radius 1 is 1.10 bits per heavy atom. The van der Waals surface area contributed by atoms with Gasteiger partial charge in [0.1, 0.15) is 0 Å². The first-order valence-corrected chi connectivity index (χ1v) is 7.38. The number of allylic oxidation sites excluding steroid dienone is 1. The van der Waals surface area contributed by atoms with Crippen LogP contribution in [0, 0.1) is 0 Å². The zero-order valence-electron chi connectivity index (χ0n) is 13.1. The Morgan fingerprint density at radius 3 is 2.15 bits per heavy atom. The van der Waals surface area contributed by atoms with Crippen LogP contribution >= 0.6 is 0 Å². The third-order valence-corrected chi connectivity index (χ3v) is 4.53. The summed E-state index contributed by atoms with van der Waals surface area (Å²) in [6.45, 7) is 12.3. The fourth-order valence-corrected chi connectivity index (χ4v) is 2.41. The van der Waals surface area contributed by atoms with Crippen LogP contribution in [0.3, 0.4) is 0 Å². The van der Waals surface area contributed by atoms with E-state index >= 15 is 0 Å². The van der Waals surface area contributed by atoms with Crippen molar-refractivity contribution in [2.24, 2.45) is 0 Å². The van der Waals surface area contributed by atoms with Crippen molar-refractivity contribution >= 4 is 7.12 Å². The Labute approximate surface area is 123 Å². The first-order chi connectivity index (χ1) is 9.36. The Balaban J connectivity index is 1.98. The molecule has 0 bridgehead atoms. The molecule has 1 atom stereocenters. The highest BCUT2D eigenvalue weighted by Gasteiger charge is 2.52. The van der Waals surface area contributed by atoms with E-state index in [1.807, 2.05) is 12.1 Å². The highest BCUT2D eigenvalue weighted by molar-refractivity contribution is 6.48. The van der Waals surface area contributed by atoms with Crippen molar-refractivity contribution in [3.8, 4) is 0 Å². The van der Waals surface area contributed by atoms with Crippen molar-refractivity contribution < 1.29 is 9.31 Å². The second-order valence-corrected chi connectivity index (χ2v) is 6.55. The largest absolute Gasteiger partial charge is 0.465 e. The molecule has 1 aromatic carbocycles. The summed E-state index contributed by atoms with van der Waals surface area (Å²) >= 11 is 0. The lowest BCUT2D eigenvalue weighted by atomic mass is 9.69. The van der Waals surface area contributed by atoms with E-state index in [-0.39, 0.29) is 24.1 Å². The number of hydrogen-bond donors (Lipinski definition) is 0. The summed E-state index contributed by atoms with van der Waals surface area (Å²) in [6.07, 6.45) is 3.97. The summed E-state index contributed by atoms with van der Waals surface area (Å²) < 4.78 is 12.2. The van der Waals surface area contributed by atoms with Gasteiger partial charge in [0.15, 0.2) is 0 Å². The highest BCUT2D eigenvalue weighted by atomic mass is 16.7. The first kappa shape index (κ1) is 15.3. The Morgan fingerprint density at radius 2 is 1.65 bits per heavy atom. The van der Waals surface area contributed by atoms with Gasteiger partial charge in [-0.05, 0) is 46.1 Å². The van der Waals surface area contributed by atoms with E-state index in [0.29, 0.717) is 0 Å². The molecule has 2 rings (SSSR count). The minimum Gasteiger partial charge on any atom is -0.403 e. The van der Waals surface area contributed by atoms with Gasteiger partial charge in [0.05, 0.1) is 11.2 Å². The molecule has 0 aromatic heterocycles. The van der Waals surface area contributed by atoms with Crippen molar-refractivity contribution in [3.63, 3.8) is 0 Å². The van der Waals surface area contributed by atoms with Crippen LogP contribution in [0.5, 0.6) is 0 Å². The molecule has 0 N–H and O–H groups in total. The molecule has 1 aliphatic heterocycles. The van der Waals surface area contributed by atoms with Gasteiger partial charge in [-0.1, -0.05) is 36.4 Å². The molecule has 0 saturated carbocycles. The van der Waals surface area contributed by atoms with E-state index in [0.717, 1.165) is 12.8 Å². The van der Waals surface area contributed by atoms with E-state index < -0.39 is 0 Å². The number of hydrogen-bond acceptors (Lipinski definition) is 2. The molecule has 0 radical (unpaired) electrons. The molecule has 0 unspecified atom stereocenters. The smallest absolute Gasteiger partial charge is 0.403 e. The Kier molecular flexibility index (Phi) is 4.41. The lowest BCUT2D eigenvalue weighted by Crippen LogP contribution is -2.41. The van der Waals surface area contributed by atoms with Gasteiger partial charge in [-0.3, -0.25) is 0 Å². The van der Waals surface area contributed by atoms with Crippen LogP contribution in [-0.4, -0.2) is 18.3 Å². The monoisotopic (exact) mass is 272 g/mol. The van der Waals surface area contributed by atoms with Gasteiger partial charge in [-0.15, -0.1) is 6.58 Å². The average Bonchev–Trinajstić information content (AvgIpc) is 2.60. The van der Waals surface area contributed by atoms with E-state index in [1.54, 1.807) is 0 Å². The summed E-state index contributed by atoms with van der Waals surface area (Å²) in [4.78, 5) is 0. The average molecular weight is 272 g/mol. The lowest BCUT2D eigenvalue weighted by Gasteiger charge is -2.32. The van der Waals surface area contributed by atoms with Gasteiger partial charge < -0.3 is 9.31 Å². The maximum absolute atomic E-state index is 6.11. The van der Waals surface area contributed by atoms with Gasteiger partial charge in [0.2, 0.25) is 0 Å². The van der Waals surface area contributed by atoms with Crippen LogP contribution in [0.1, 0.15) is 39.7 Å². The van der Waals surface area contributed by atoms with Gasteiger partial charge in [-0.25, -0.2) is 0 Å². The molecule has 1 fully saturated rings. The van der Waals surface area contributed by atoms with Gasteiger partial charge in [0.25, 0.3) is 0 Å². The zero-order valence-corrected chi connectivity index (χ0v) is 13.1. The lowest BCUT2D eigenvalue weighted by molar-refractivity contribution is 0.00578. The third-order valence-electron chi connectivity index (χ3n) is 4.53. The van der Waals surface area contributed by atoms with Gasteiger partial charge in [-0.2, -0.15) is 0 Å². The van der Waals surface area contributed by atoms with Crippen LogP contribution in [0.2, 0.25) is 5.82 Å². The van der Waals surface area contributed by atoms with E-state index in [9.17, 15) is 0 Å². The van der Waals surface area contributed by atoms with Crippen LogP contribution < -0.4 is 0 Å². The summed E-state index contributed by atoms with van der Waals surface area (Å²) in [5, 5.41) is 0. The molecule has 0 spiro atoms. The molecule has 1 heterocycles. The number of rotatable bonds is 5. The maximum atomic E-state index is 6.11. The van der Waals surface area contributed by atoms with Gasteiger partial charge in [0, 0.05) is 5.82 Å². The predicted molar refractivity (Wildman–Crippen MR) is 84.8 cm³/mol. The quantitative estimate of drug-likeness (QED) is 0.588. The number of aryl methyl sites for hydroxylation is 1. The Hall–Kier alpha value is -1.06. The van der Waals surface area contributed by atoms with Crippen molar-refractivity contribution in [1.29, 1.82) is 0 Å². The van der Waals surface area contributed by atoms with E-state index in [4.69, 9.17) is 9.31 Å². The molecule has 0 amide bonds. The molecular formula is C17H25BO2. The molecule has 20 heavy (non-hydrogen) atoms. The van der Waals surface area contributed by atoms with Crippen LogP contribution in [-0.2, 0) is 15.7 Å². The van der Waals surface area contributed by atoms with Crippen molar-refractivity contribution in [1.82, 2.24) is 0 Å². The van der Waals surface area contributed by atoms with Crippen molar-refractivity contribution in [2.75, 3.05) is 0 Å². The SMILES string of the molecule is C=C[C@@H](CCc1ccccc1)B1OC(C)(C)C(C)(C)O1. The van der Waals surface area contributed by atoms with Crippen molar-refractivity contribution in [3.05, 3.63) is 48.6 Å². The zero-order chi connectivity index (χ0) is 14.8. The predicted octanol–water partition coefficient (Wildman–Crippen LogP) is 4.27. The topological polar surface area (TPSA) is 18.5 Å². The van der Waals surface area contributed by atoms with Crippen LogP contribution in [0.15, 0.2) is 43.0 Å². The standard InChI is InChI=1S/C17H25BO2/c1-6-15(13-12-14-10-8-7-9-11-14)18-19-16(2,3)17(4,5)20-18/h6-11,15H,1,12-13H2,2-5H3/t15-/m0/s1. The fourth-order valence-electron chi connectivity index (χ4n) is 2.41. The van der Waals surface area contributed by atoms with E-state index in [1.165, 1.54) is 5.56 Å². The van der Waals surface area contributed by atoms with Crippen LogP contribution in [0.25, 0.3) is 0 Å². The highest BCUT2D eigenvalue weighted by Crippen LogP contribution is 2.41. The number of benzene rings is 1. The minimum atomic E-state index is -0.272. The molecule has 108 valence electrons. The summed E-state index contributed by atoms with van der Waals surface area (Å²) in [5.41, 5.74) is 0.799. The Bertz CT molecular complexity index is 437. The molecule has 2 nitrogen and oxygen atoms in total. The molecule has 0 aliphatic carbocycles. The molecule has 1 saturated heterocycles.